The number of hydrogen-bond acceptors (Lipinski definition) is 1. The van der Waals surface area contributed by atoms with Gasteiger partial charge in [0, 0.05) is 5.56 Å². The number of phenolic OH excluding ortho intramolecular Hbond substituents is 1. The summed E-state index contributed by atoms with van der Waals surface area (Å²) in [5, 5.41) is 8.86. The van der Waals surface area contributed by atoms with Gasteiger partial charge in [-0.2, -0.15) is 13.2 Å². The normalized spacial score (nSPS) is 13.3. The lowest BCUT2D eigenvalue weighted by Crippen LogP contribution is -2.17. The fourth-order valence-corrected chi connectivity index (χ4v) is 0.993. The summed E-state index contributed by atoms with van der Waals surface area (Å²) in [6.07, 6.45) is -4.57. The van der Waals surface area contributed by atoms with Gasteiger partial charge in [-0.15, -0.1) is 0 Å². The highest BCUT2D eigenvalue weighted by Crippen LogP contribution is 2.36. The Hall–Kier alpha value is -1.70. The van der Waals surface area contributed by atoms with Gasteiger partial charge >= 0.3 is 12.2 Å². The second-order valence-electron chi connectivity index (χ2n) is 2.66. The number of nitrogens with zero attached hydrogens (tertiary/aromatic N) is 1. The van der Waals surface area contributed by atoms with Gasteiger partial charge in [0.2, 0.25) is 0 Å². The van der Waals surface area contributed by atoms with E-state index >= 15 is 0 Å². The first-order valence-corrected chi connectivity index (χ1v) is 3.67. The summed E-state index contributed by atoms with van der Waals surface area (Å²) in [7, 11) is 0. The number of halogens is 3. The van der Waals surface area contributed by atoms with E-state index in [0.29, 0.717) is 0 Å². The molecule has 0 aromatic heterocycles. The van der Waals surface area contributed by atoms with Crippen LogP contribution in [0.2, 0.25) is 0 Å². The molecule has 0 aliphatic rings. The Morgan fingerprint density at radius 3 is 2.07 bits per heavy atom. The highest BCUT2D eigenvalue weighted by atomic mass is 19.4. The first kappa shape index (κ1) is 10.4. The number of alkyl halides is 3. The summed E-state index contributed by atoms with van der Waals surface area (Å²) in [4.78, 5) is 2.50. The van der Waals surface area contributed by atoms with E-state index in [4.69, 9.17) is 11.7 Å². The molecule has 1 rings (SSSR count). The highest BCUT2D eigenvalue weighted by molar-refractivity contribution is 5.30. The molecule has 0 radical (unpaired) electrons. The monoisotopic (exact) mass is 201 g/mol. The lowest BCUT2D eigenvalue weighted by molar-refractivity contribution is -0.140. The van der Waals surface area contributed by atoms with Crippen LogP contribution in [0.4, 0.5) is 13.2 Å². The van der Waals surface area contributed by atoms with E-state index in [1.807, 2.05) is 0 Å². The Morgan fingerprint density at radius 1 is 1.21 bits per heavy atom. The standard InChI is InChI=1S/C9H6F3NO/c1-13-8(9(10,11)12)6-2-4-7(14)5-3-6/h2-5,8,14H. The van der Waals surface area contributed by atoms with Crippen molar-refractivity contribution in [1.29, 1.82) is 0 Å². The van der Waals surface area contributed by atoms with Crippen LogP contribution < -0.4 is 0 Å². The molecule has 5 heteroatoms. The van der Waals surface area contributed by atoms with E-state index in [0.717, 1.165) is 24.3 Å². The maximum atomic E-state index is 12.2. The summed E-state index contributed by atoms with van der Waals surface area (Å²) in [6.45, 7) is 6.45. The first-order valence-electron chi connectivity index (χ1n) is 3.67. The molecular formula is C9H6F3NO. The second kappa shape index (κ2) is 3.58. The minimum Gasteiger partial charge on any atom is -0.508 e. The van der Waals surface area contributed by atoms with E-state index in [2.05, 4.69) is 4.85 Å². The molecule has 0 saturated carbocycles. The van der Waals surface area contributed by atoms with Crippen molar-refractivity contribution in [2.75, 3.05) is 0 Å². The maximum absolute atomic E-state index is 12.2. The Bertz CT molecular complexity index is 350. The van der Waals surface area contributed by atoms with Crippen molar-refractivity contribution in [2.45, 2.75) is 12.2 Å². The van der Waals surface area contributed by atoms with Gasteiger partial charge in [-0.05, 0) is 24.3 Å². The number of aromatic hydroxyl groups is 1. The lowest BCUT2D eigenvalue weighted by Gasteiger charge is -2.09. The smallest absolute Gasteiger partial charge is 0.470 e. The van der Waals surface area contributed by atoms with E-state index in [1.54, 1.807) is 0 Å². The molecule has 74 valence electrons. The van der Waals surface area contributed by atoms with Gasteiger partial charge in [0.15, 0.2) is 0 Å². The van der Waals surface area contributed by atoms with E-state index in [9.17, 15) is 13.2 Å². The Kier molecular flexibility index (Phi) is 2.65. The van der Waals surface area contributed by atoms with Crippen LogP contribution in [0.5, 0.6) is 5.75 Å². The van der Waals surface area contributed by atoms with Gasteiger partial charge in [-0.1, -0.05) is 0 Å². The van der Waals surface area contributed by atoms with Crippen LogP contribution in [0.15, 0.2) is 24.3 Å². The molecule has 1 aromatic rings. The predicted molar refractivity (Wildman–Crippen MR) is 43.5 cm³/mol. The largest absolute Gasteiger partial charge is 0.508 e. The van der Waals surface area contributed by atoms with Gasteiger partial charge in [0.25, 0.3) is 0 Å². The quantitative estimate of drug-likeness (QED) is 0.694. The zero-order valence-corrected chi connectivity index (χ0v) is 6.92. The summed E-state index contributed by atoms with van der Waals surface area (Å²) in [5.41, 5.74) is -0.162. The third-order valence-corrected chi connectivity index (χ3v) is 1.65. The molecule has 0 spiro atoms. The molecule has 1 aromatic carbocycles. The molecule has 1 atom stereocenters. The third-order valence-electron chi connectivity index (χ3n) is 1.65. The van der Waals surface area contributed by atoms with Crippen molar-refractivity contribution in [1.82, 2.24) is 0 Å². The van der Waals surface area contributed by atoms with Gasteiger partial charge in [0.1, 0.15) is 5.75 Å². The van der Waals surface area contributed by atoms with Crippen LogP contribution >= 0.6 is 0 Å². The average Bonchev–Trinajstić information content (AvgIpc) is 2.07. The molecule has 0 aliphatic heterocycles. The Morgan fingerprint density at radius 2 is 1.71 bits per heavy atom. The molecule has 0 aliphatic carbocycles. The van der Waals surface area contributed by atoms with Crippen LogP contribution in [0.1, 0.15) is 11.6 Å². The molecular weight excluding hydrogens is 195 g/mol. The highest BCUT2D eigenvalue weighted by Gasteiger charge is 2.46. The molecule has 0 heterocycles. The average molecular weight is 201 g/mol. The second-order valence-corrected chi connectivity index (χ2v) is 2.66. The fraction of sp³-hybridized carbons (Fsp3) is 0.222. The number of phenols is 1. The van der Waals surface area contributed by atoms with Crippen molar-refractivity contribution in [3.63, 3.8) is 0 Å². The predicted octanol–water partition coefficient (Wildman–Crippen LogP) is 2.91. The van der Waals surface area contributed by atoms with Gasteiger partial charge in [-0.3, -0.25) is 4.85 Å². The third kappa shape index (κ3) is 2.16. The maximum Gasteiger partial charge on any atom is 0.470 e. The van der Waals surface area contributed by atoms with Crippen LogP contribution in [-0.4, -0.2) is 11.3 Å². The van der Waals surface area contributed by atoms with Crippen LogP contribution in [0, 0.1) is 6.57 Å². The van der Waals surface area contributed by atoms with Crippen molar-refractivity contribution in [2.24, 2.45) is 0 Å². The summed E-state index contributed by atoms with van der Waals surface area (Å²) >= 11 is 0. The lowest BCUT2D eigenvalue weighted by atomic mass is 10.1. The molecule has 0 fully saturated rings. The van der Waals surface area contributed by atoms with Crippen molar-refractivity contribution >= 4 is 0 Å². The molecule has 2 nitrogen and oxygen atoms in total. The fourth-order valence-electron chi connectivity index (χ4n) is 0.993. The van der Waals surface area contributed by atoms with Gasteiger partial charge in [0.05, 0.1) is 0 Å². The SMILES string of the molecule is [C-]#[N+]C(c1ccc(O)cc1)C(F)(F)F. The molecule has 0 bridgehead atoms. The zero-order valence-electron chi connectivity index (χ0n) is 6.92. The molecule has 0 saturated heterocycles. The van der Waals surface area contributed by atoms with Crippen LogP contribution in [-0.2, 0) is 0 Å². The summed E-state index contributed by atoms with van der Waals surface area (Å²) in [6, 6.07) is 2.28. The Labute approximate surface area is 78.4 Å². The molecule has 1 unspecified atom stereocenters. The molecule has 1 N–H and O–H groups in total. The summed E-state index contributed by atoms with van der Waals surface area (Å²) < 4.78 is 36.7. The number of hydrogen-bond donors (Lipinski definition) is 1. The minimum atomic E-state index is -4.57. The van der Waals surface area contributed by atoms with Gasteiger partial charge in [-0.25, -0.2) is 6.57 Å². The van der Waals surface area contributed by atoms with Crippen molar-refractivity contribution in [3.8, 4) is 5.75 Å². The zero-order chi connectivity index (χ0) is 10.8. The molecule has 0 amide bonds. The van der Waals surface area contributed by atoms with Gasteiger partial charge < -0.3 is 5.11 Å². The van der Waals surface area contributed by atoms with Crippen molar-refractivity contribution in [3.05, 3.63) is 41.2 Å². The van der Waals surface area contributed by atoms with Crippen LogP contribution in [0.3, 0.4) is 0 Å². The summed E-state index contributed by atoms with van der Waals surface area (Å²) in [5.74, 6) is -0.125. The number of rotatable bonds is 1. The Balaban J connectivity index is 3.04. The van der Waals surface area contributed by atoms with E-state index in [1.165, 1.54) is 0 Å². The number of benzene rings is 1. The van der Waals surface area contributed by atoms with E-state index < -0.39 is 12.2 Å². The van der Waals surface area contributed by atoms with Crippen molar-refractivity contribution < 1.29 is 18.3 Å². The topological polar surface area (TPSA) is 24.6 Å². The van der Waals surface area contributed by atoms with E-state index in [-0.39, 0.29) is 11.3 Å². The molecule has 14 heavy (non-hydrogen) atoms. The minimum absolute atomic E-state index is 0.125. The first-order chi connectivity index (χ1) is 6.45. The van der Waals surface area contributed by atoms with Crippen LogP contribution in [0.25, 0.3) is 4.85 Å².